The van der Waals surface area contributed by atoms with Crippen LogP contribution in [0.4, 0.5) is 5.13 Å². The zero-order valence-electron chi connectivity index (χ0n) is 11.8. The van der Waals surface area contributed by atoms with Gasteiger partial charge < -0.3 is 11.1 Å². The quantitative estimate of drug-likeness (QED) is 0.757. The smallest absolute Gasteiger partial charge is 0.248 e. The van der Waals surface area contributed by atoms with Crippen molar-refractivity contribution in [1.82, 2.24) is 14.6 Å². The molecule has 6 nitrogen and oxygen atoms in total. The number of nitrogens with two attached hydrogens (primary N) is 1. The molecule has 0 atom stereocenters. The van der Waals surface area contributed by atoms with Gasteiger partial charge in [0.15, 0.2) is 0 Å². The van der Waals surface area contributed by atoms with Crippen LogP contribution in [0.1, 0.15) is 23.2 Å². The molecule has 0 aliphatic heterocycles. The van der Waals surface area contributed by atoms with E-state index in [1.54, 1.807) is 22.7 Å². The lowest BCUT2D eigenvalue weighted by Gasteiger charge is -1.99. The van der Waals surface area contributed by atoms with Crippen LogP contribution in [0, 0.1) is 5.92 Å². The van der Waals surface area contributed by atoms with Gasteiger partial charge in [-0.15, -0.1) is 5.10 Å². The molecule has 0 bridgehead atoms. The molecule has 1 aromatic carbocycles. The van der Waals surface area contributed by atoms with E-state index in [1.807, 2.05) is 12.3 Å². The number of hydrogen-bond donors (Lipinski definition) is 2. The molecule has 1 aliphatic carbocycles. The van der Waals surface area contributed by atoms with Crippen molar-refractivity contribution >= 4 is 27.3 Å². The van der Waals surface area contributed by atoms with Gasteiger partial charge in [0, 0.05) is 17.7 Å². The lowest BCUT2D eigenvalue weighted by Crippen LogP contribution is -2.10. The summed E-state index contributed by atoms with van der Waals surface area (Å²) in [4.78, 5) is 16.7. The maximum atomic E-state index is 11.3. The molecule has 1 aliphatic rings. The standard InChI is InChI=1S/C15H15N5OS/c16-13(21)11-3-1-2-10(6-11)12-8-20-15(18-12)22-14(19-20)17-7-9-4-5-9/h1-3,6,8-9H,4-5,7H2,(H2,16,21)(H,17,19). The highest BCUT2D eigenvalue weighted by atomic mass is 32.1. The molecule has 3 N–H and O–H groups in total. The van der Waals surface area contributed by atoms with E-state index in [4.69, 9.17) is 5.73 Å². The van der Waals surface area contributed by atoms with E-state index in [0.29, 0.717) is 5.56 Å². The van der Waals surface area contributed by atoms with Crippen molar-refractivity contribution in [3.8, 4) is 11.3 Å². The van der Waals surface area contributed by atoms with Crippen molar-refractivity contribution in [2.24, 2.45) is 11.7 Å². The van der Waals surface area contributed by atoms with Gasteiger partial charge in [-0.05, 0) is 30.9 Å². The van der Waals surface area contributed by atoms with Crippen LogP contribution in [0.5, 0.6) is 0 Å². The summed E-state index contributed by atoms with van der Waals surface area (Å²) in [5.74, 6) is 0.371. The van der Waals surface area contributed by atoms with E-state index in [9.17, 15) is 4.79 Å². The van der Waals surface area contributed by atoms with Crippen LogP contribution >= 0.6 is 11.3 Å². The lowest BCUT2D eigenvalue weighted by atomic mass is 10.1. The minimum atomic E-state index is -0.437. The molecule has 0 spiro atoms. The number of amides is 1. The van der Waals surface area contributed by atoms with Crippen LogP contribution < -0.4 is 11.1 Å². The van der Waals surface area contributed by atoms with E-state index >= 15 is 0 Å². The highest BCUT2D eigenvalue weighted by Crippen LogP contribution is 2.30. The summed E-state index contributed by atoms with van der Waals surface area (Å²) in [6, 6.07) is 7.16. The van der Waals surface area contributed by atoms with Gasteiger partial charge in [0.25, 0.3) is 0 Å². The number of hydrogen-bond acceptors (Lipinski definition) is 5. The highest BCUT2D eigenvalue weighted by Gasteiger charge is 2.21. The first-order valence-corrected chi connectivity index (χ1v) is 8.01. The number of carbonyl (C=O) groups excluding carboxylic acids is 1. The number of nitrogens with one attached hydrogen (secondary N) is 1. The Hall–Kier alpha value is -2.41. The van der Waals surface area contributed by atoms with Crippen LogP contribution in [-0.2, 0) is 0 Å². The second kappa shape index (κ2) is 5.10. The average molecular weight is 313 g/mol. The Morgan fingerprint density at radius 2 is 2.32 bits per heavy atom. The number of nitrogens with zero attached hydrogens (tertiary/aromatic N) is 3. The third-order valence-electron chi connectivity index (χ3n) is 3.72. The summed E-state index contributed by atoms with van der Waals surface area (Å²) in [6.45, 7) is 0.990. The summed E-state index contributed by atoms with van der Waals surface area (Å²) in [6.07, 6.45) is 4.50. The summed E-state index contributed by atoms with van der Waals surface area (Å²) < 4.78 is 1.77. The molecule has 0 saturated heterocycles. The third kappa shape index (κ3) is 2.55. The number of carbonyl (C=O) groups is 1. The van der Waals surface area contributed by atoms with E-state index in [1.165, 1.54) is 24.2 Å². The van der Waals surface area contributed by atoms with Gasteiger partial charge in [0.05, 0.1) is 11.9 Å². The largest absolute Gasteiger partial charge is 0.366 e. The molecule has 0 radical (unpaired) electrons. The van der Waals surface area contributed by atoms with Gasteiger partial charge in [-0.2, -0.15) is 0 Å². The number of aromatic nitrogens is 3. The Kier molecular flexibility index (Phi) is 3.07. The number of benzene rings is 1. The first-order valence-electron chi connectivity index (χ1n) is 7.19. The molecule has 4 rings (SSSR count). The predicted molar refractivity (Wildman–Crippen MR) is 86.0 cm³/mol. The number of rotatable bonds is 5. The molecule has 1 amide bonds. The Morgan fingerprint density at radius 1 is 1.45 bits per heavy atom. The fourth-order valence-electron chi connectivity index (χ4n) is 2.30. The lowest BCUT2D eigenvalue weighted by molar-refractivity contribution is 0.100. The number of primary amides is 1. The molecule has 7 heteroatoms. The summed E-state index contributed by atoms with van der Waals surface area (Å²) >= 11 is 1.53. The molecule has 0 unspecified atom stereocenters. The van der Waals surface area contributed by atoms with Gasteiger partial charge in [0.1, 0.15) is 0 Å². The molecule has 2 aromatic heterocycles. The third-order valence-corrected chi connectivity index (χ3v) is 4.61. The van der Waals surface area contributed by atoms with Crippen LogP contribution in [0.3, 0.4) is 0 Å². The molecular weight excluding hydrogens is 298 g/mol. The zero-order chi connectivity index (χ0) is 15.1. The van der Waals surface area contributed by atoms with E-state index in [0.717, 1.165) is 33.8 Å². The van der Waals surface area contributed by atoms with Gasteiger partial charge in [-0.25, -0.2) is 9.50 Å². The fourth-order valence-corrected chi connectivity index (χ4v) is 3.08. The summed E-state index contributed by atoms with van der Waals surface area (Å²) in [5.41, 5.74) is 7.45. The SMILES string of the molecule is NC(=O)c1cccc(-c2cn3nc(NCC4CC4)sc3n2)c1. The summed E-state index contributed by atoms with van der Waals surface area (Å²) in [5, 5.41) is 8.73. The average Bonchev–Trinajstić information content (AvgIpc) is 3.14. The minimum absolute atomic E-state index is 0.437. The van der Waals surface area contributed by atoms with Gasteiger partial charge in [-0.3, -0.25) is 4.79 Å². The van der Waals surface area contributed by atoms with Gasteiger partial charge in [-0.1, -0.05) is 23.5 Å². The predicted octanol–water partition coefficient (Wildman–Crippen LogP) is 2.38. The Balaban J connectivity index is 1.60. The Labute approximate surface area is 131 Å². The summed E-state index contributed by atoms with van der Waals surface area (Å²) in [7, 11) is 0. The van der Waals surface area contributed by atoms with Gasteiger partial charge >= 0.3 is 0 Å². The second-order valence-electron chi connectivity index (χ2n) is 5.53. The maximum Gasteiger partial charge on any atom is 0.248 e. The highest BCUT2D eigenvalue weighted by molar-refractivity contribution is 7.20. The molecule has 2 heterocycles. The zero-order valence-corrected chi connectivity index (χ0v) is 12.6. The molecule has 1 saturated carbocycles. The van der Waals surface area contributed by atoms with Crippen molar-refractivity contribution in [2.45, 2.75) is 12.8 Å². The number of anilines is 1. The van der Waals surface area contributed by atoms with E-state index in [-0.39, 0.29) is 0 Å². The minimum Gasteiger partial charge on any atom is -0.366 e. The van der Waals surface area contributed by atoms with Crippen molar-refractivity contribution in [1.29, 1.82) is 0 Å². The normalized spacial score (nSPS) is 14.4. The van der Waals surface area contributed by atoms with Gasteiger partial charge in [0.2, 0.25) is 16.0 Å². The maximum absolute atomic E-state index is 11.3. The van der Waals surface area contributed by atoms with Crippen molar-refractivity contribution in [2.75, 3.05) is 11.9 Å². The topological polar surface area (TPSA) is 85.3 Å². The van der Waals surface area contributed by atoms with Crippen LogP contribution in [0.25, 0.3) is 16.2 Å². The second-order valence-corrected chi connectivity index (χ2v) is 6.49. The van der Waals surface area contributed by atoms with Crippen molar-refractivity contribution < 1.29 is 4.79 Å². The molecular formula is C15H15N5OS. The fraction of sp³-hybridized carbons (Fsp3) is 0.267. The molecule has 3 aromatic rings. The molecule has 1 fully saturated rings. The molecule has 22 heavy (non-hydrogen) atoms. The van der Waals surface area contributed by atoms with Crippen molar-refractivity contribution in [3.63, 3.8) is 0 Å². The van der Waals surface area contributed by atoms with Crippen LogP contribution in [0.15, 0.2) is 30.5 Å². The first kappa shape index (κ1) is 13.3. The van der Waals surface area contributed by atoms with E-state index < -0.39 is 5.91 Å². The van der Waals surface area contributed by atoms with Crippen molar-refractivity contribution in [3.05, 3.63) is 36.0 Å². The van der Waals surface area contributed by atoms with Crippen LogP contribution in [0.2, 0.25) is 0 Å². The first-order chi connectivity index (χ1) is 10.7. The Morgan fingerprint density at radius 3 is 3.05 bits per heavy atom. The Bertz CT molecular complexity index is 817. The monoisotopic (exact) mass is 313 g/mol. The van der Waals surface area contributed by atoms with Crippen LogP contribution in [-0.4, -0.2) is 27.0 Å². The molecule has 112 valence electrons. The number of fused-ring (bicyclic) bond motifs is 1. The van der Waals surface area contributed by atoms with E-state index in [2.05, 4.69) is 15.4 Å². The number of imidazole rings is 1.